The largest absolute Gasteiger partial charge is 0.325 e. The normalized spacial score (nSPS) is 14.0. The number of amides is 1. The van der Waals surface area contributed by atoms with E-state index >= 15 is 0 Å². The molecule has 0 bridgehead atoms. The second kappa shape index (κ2) is 8.86. The molecule has 0 aliphatic heterocycles. The Labute approximate surface area is 185 Å². The van der Waals surface area contributed by atoms with Gasteiger partial charge < -0.3 is 10.6 Å². The minimum absolute atomic E-state index is 0.0195. The summed E-state index contributed by atoms with van der Waals surface area (Å²) >= 11 is 0. The van der Waals surface area contributed by atoms with Crippen molar-refractivity contribution >= 4 is 40.2 Å². The lowest BCUT2D eigenvalue weighted by molar-refractivity contribution is -0.115. The van der Waals surface area contributed by atoms with Crippen LogP contribution in [0.2, 0.25) is 0 Å². The fraction of sp³-hybridized carbons (Fsp3) is 0.391. The summed E-state index contributed by atoms with van der Waals surface area (Å²) in [6.07, 6.45) is 7.44. The Morgan fingerprint density at radius 1 is 1.16 bits per heavy atom. The number of nitrogens with one attached hydrogen (secondary N) is 2. The molecule has 32 heavy (non-hydrogen) atoms. The van der Waals surface area contributed by atoms with Gasteiger partial charge in [0, 0.05) is 24.0 Å². The molecule has 0 saturated heterocycles. The van der Waals surface area contributed by atoms with Gasteiger partial charge >= 0.3 is 0 Å². The molecule has 166 valence electrons. The highest BCUT2D eigenvalue weighted by molar-refractivity contribution is 5.99. The Balaban J connectivity index is 1.74. The molecular weight excluding hydrogens is 408 g/mol. The van der Waals surface area contributed by atoms with Gasteiger partial charge in [0.05, 0.1) is 17.4 Å². The van der Waals surface area contributed by atoms with Crippen molar-refractivity contribution in [2.45, 2.75) is 58.9 Å². The van der Waals surface area contributed by atoms with E-state index in [1.54, 1.807) is 42.9 Å². The van der Waals surface area contributed by atoms with Crippen molar-refractivity contribution in [2.24, 2.45) is 0 Å². The molecule has 0 unspecified atom stereocenters. The summed E-state index contributed by atoms with van der Waals surface area (Å²) in [6.45, 7) is 4.96. The van der Waals surface area contributed by atoms with E-state index in [0.717, 1.165) is 25.7 Å². The number of carbonyl (C=O) groups is 2. The molecule has 0 spiro atoms. The molecule has 1 aliphatic rings. The lowest BCUT2D eigenvalue weighted by atomic mass is 10.0. The fourth-order valence-corrected chi connectivity index (χ4v) is 4.21. The van der Waals surface area contributed by atoms with Gasteiger partial charge in [-0.1, -0.05) is 19.8 Å². The van der Waals surface area contributed by atoms with Crippen molar-refractivity contribution < 1.29 is 9.59 Å². The van der Waals surface area contributed by atoms with Crippen LogP contribution < -0.4 is 16.2 Å². The molecule has 0 radical (unpaired) electrons. The van der Waals surface area contributed by atoms with Gasteiger partial charge in [0.1, 0.15) is 11.5 Å². The van der Waals surface area contributed by atoms with Crippen LogP contribution in [0.25, 0.3) is 11.0 Å². The molecule has 2 N–H and O–H groups in total. The first-order valence-electron chi connectivity index (χ1n) is 10.8. The van der Waals surface area contributed by atoms with Gasteiger partial charge in [-0.15, -0.1) is 0 Å². The summed E-state index contributed by atoms with van der Waals surface area (Å²) in [5, 5.41) is 6.50. The maximum Gasteiger partial charge on any atom is 0.263 e. The molecule has 1 saturated carbocycles. The van der Waals surface area contributed by atoms with E-state index in [-0.39, 0.29) is 28.9 Å². The molecule has 1 aliphatic carbocycles. The number of hydrogen-bond donors (Lipinski definition) is 2. The van der Waals surface area contributed by atoms with Crippen LogP contribution in [0, 0.1) is 6.92 Å². The second-order valence-corrected chi connectivity index (χ2v) is 8.06. The molecule has 9 heteroatoms. The summed E-state index contributed by atoms with van der Waals surface area (Å²) < 4.78 is 1.68. The van der Waals surface area contributed by atoms with Crippen molar-refractivity contribution in [3.05, 3.63) is 46.0 Å². The fourth-order valence-electron chi connectivity index (χ4n) is 4.21. The molecule has 0 atom stereocenters. The Morgan fingerprint density at radius 3 is 2.53 bits per heavy atom. The third-order valence-electron chi connectivity index (χ3n) is 5.86. The first kappa shape index (κ1) is 21.6. The van der Waals surface area contributed by atoms with Crippen LogP contribution in [0.1, 0.15) is 67.9 Å². The topological polar surface area (TPSA) is 119 Å². The standard InChI is InChI=1S/C23H26N6O3/c1-4-19(31)26-15-9-10-18(24-11-15)27-23-25-12-17-13(2)20(14(3)30)22(32)29(21(17)28-23)16-7-5-6-8-16/h9-12,16H,4-8H2,1-3H3,(H,26,31)(H,24,25,27,28). The van der Waals surface area contributed by atoms with Gasteiger partial charge in [0.15, 0.2) is 5.78 Å². The zero-order valence-corrected chi connectivity index (χ0v) is 18.4. The smallest absolute Gasteiger partial charge is 0.263 e. The molecule has 1 amide bonds. The minimum Gasteiger partial charge on any atom is -0.325 e. The lowest BCUT2D eigenvalue weighted by Crippen LogP contribution is -2.30. The predicted octanol–water partition coefficient (Wildman–Crippen LogP) is 3.90. The van der Waals surface area contributed by atoms with Crippen LogP contribution in [0.5, 0.6) is 0 Å². The third-order valence-corrected chi connectivity index (χ3v) is 5.86. The number of fused-ring (bicyclic) bond motifs is 1. The van der Waals surface area contributed by atoms with E-state index in [1.165, 1.54) is 6.92 Å². The average Bonchev–Trinajstić information content (AvgIpc) is 3.29. The number of nitrogens with zero attached hydrogens (tertiary/aromatic N) is 4. The van der Waals surface area contributed by atoms with Gasteiger partial charge in [-0.25, -0.2) is 9.97 Å². The van der Waals surface area contributed by atoms with E-state index < -0.39 is 0 Å². The van der Waals surface area contributed by atoms with Crippen molar-refractivity contribution in [1.82, 2.24) is 19.5 Å². The number of ketones is 1. The van der Waals surface area contributed by atoms with Gasteiger partial charge in [-0.3, -0.25) is 19.0 Å². The number of carbonyl (C=O) groups excluding carboxylic acids is 2. The molecule has 3 aromatic heterocycles. The summed E-state index contributed by atoms with van der Waals surface area (Å²) in [7, 11) is 0. The zero-order chi connectivity index (χ0) is 22.8. The van der Waals surface area contributed by atoms with Crippen LogP contribution in [-0.2, 0) is 4.79 Å². The van der Waals surface area contributed by atoms with Crippen LogP contribution in [0.15, 0.2) is 29.3 Å². The first-order valence-corrected chi connectivity index (χ1v) is 10.8. The van der Waals surface area contributed by atoms with Crippen LogP contribution >= 0.6 is 0 Å². The van der Waals surface area contributed by atoms with Crippen LogP contribution in [-0.4, -0.2) is 31.2 Å². The molecule has 0 aromatic carbocycles. The van der Waals surface area contributed by atoms with Gasteiger partial charge in [-0.05, 0) is 44.4 Å². The Morgan fingerprint density at radius 2 is 1.91 bits per heavy atom. The summed E-state index contributed by atoms with van der Waals surface area (Å²) in [4.78, 5) is 50.3. The molecule has 4 rings (SSSR count). The highest BCUT2D eigenvalue weighted by Crippen LogP contribution is 2.32. The average molecular weight is 435 g/mol. The Kier molecular flexibility index (Phi) is 5.98. The number of hydrogen-bond acceptors (Lipinski definition) is 7. The highest BCUT2D eigenvalue weighted by atomic mass is 16.2. The molecule has 1 fully saturated rings. The van der Waals surface area contributed by atoms with Gasteiger partial charge in [0.2, 0.25) is 11.9 Å². The number of Topliss-reactive ketones (excluding diaryl/α,β-unsaturated/α-hetero) is 1. The van der Waals surface area contributed by atoms with Gasteiger partial charge in [-0.2, -0.15) is 4.98 Å². The van der Waals surface area contributed by atoms with E-state index in [4.69, 9.17) is 0 Å². The van der Waals surface area contributed by atoms with Crippen LogP contribution in [0.3, 0.4) is 0 Å². The van der Waals surface area contributed by atoms with Crippen molar-refractivity contribution in [1.29, 1.82) is 0 Å². The lowest BCUT2D eigenvalue weighted by Gasteiger charge is -2.19. The highest BCUT2D eigenvalue weighted by Gasteiger charge is 2.25. The molecule has 9 nitrogen and oxygen atoms in total. The maximum absolute atomic E-state index is 13.3. The quantitative estimate of drug-likeness (QED) is 0.565. The maximum atomic E-state index is 13.3. The zero-order valence-electron chi connectivity index (χ0n) is 18.4. The Bertz CT molecular complexity index is 1240. The van der Waals surface area contributed by atoms with E-state index in [0.29, 0.717) is 40.5 Å². The minimum atomic E-state index is -0.284. The van der Waals surface area contributed by atoms with Crippen molar-refractivity contribution in [2.75, 3.05) is 10.6 Å². The van der Waals surface area contributed by atoms with Crippen LogP contribution in [0.4, 0.5) is 17.5 Å². The number of aromatic nitrogens is 4. The first-order chi connectivity index (χ1) is 15.4. The van der Waals surface area contributed by atoms with E-state index in [9.17, 15) is 14.4 Å². The SMILES string of the molecule is CCC(=O)Nc1ccc(Nc2ncc3c(C)c(C(C)=O)c(=O)n(C4CCCC4)c3n2)nc1. The van der Waals surface area contributed by atoms with E-state index in [2.05, 4.69) is 25.6 Å². The summed E-state index contributed by atoms with van der Waals surface area (Å²) in [5.41, 5.74) is 1.65. The predicted molar refractivity (Wildman–Crippen MR) is 122 cm³/mol. The number of aryl methyl sites for hydroxylation is 1. The monoisotopic (exact) mass is 434 g/mol. The Hall–Kier alpha value is -3.62. The number of rotatable bonds is 6. The van der Waals surface area contributed by atoms with Gasteiger partial charge in [0.25, 0.3) is 5.56 Å². The summed E-state index contributed by atoms with van der Waals surface area (Å²) in [5.74, 6) is 0.473. The molecular formula is C23H26N6O3. The number of anilines is 3. The molecule has 3 aromatic rings. The number of pyridine rings is 2. The van der Waals surface area contributed by atoms with E-state index in [1.807, 2.05) is 0 Å². The third kappa shape index (κ3) is 4.10. The van der Waals surface area contributed by atoms with Crippen molar-refractivity contribution in [3.8, 4) is 0 Å². The second-order valence-electron chi connectivity index (χ2n) is 8.06. The van der Waals surface area contributed by atoms with Crippen molar-refractivity contribution in [3.63, 3.8) is 0 Å². The molecule has 3 heterocycles. The summed E-state index contributed by atoms with van der Waals surface area (Å²) in [6, 6.07) is 3.47.